The van der Waals surface area contributed by atoms with E-state index in [-0.39, 0.29) is 0 Å². The number of imidazole rings is 1. The molecular weight excluding hydrogens is 294 g/mol. The predicted octanol–water partition coefficient (Wildman–Crippen LogP) is 3.17. The van der Waals surface area contributed by atoms with Gasteiger partial charge in [-0.05, 0) is 39.7 Å². The van der Waals surface area contributed by atoms with Crippen molar-refractivity contribution in [3.8, 4) is 16.9 Å². The van der Waals surface area contributed by atoms with E-state index >= 15 is 0 Å². The average molecular weight is 304 g/mol. The van der Waals surface area contributed by atoms with Gasteiger partial charge in [-0.25, -0.2) is 9.50 Å². The van der Waals surface area contributed by atoms with E-state index in [0.717, 1.165) is 27.1 Å². The number of aromatic nitrogens is 3. The second kappa shape index (κ2) is 4.42. The normalized spacial score (nSPS) is 10.8. The summed E-state index contributed by atoms with van der Waals surface area (Å²) in [5, 5.41) is 4.34. The lowest BCUT2D eigenvalue weighted by Gasteiger charge is -2.04. The van der Waals surface area contributed by atoms with Gasteiger partial charge in [0.25, 0.3) is 0 Å². The summed E-state index contributed by atoms with van der Waals surface area (Å²) in [6, 6.07) is 9.87. The molecule has 4 nitrogen and oxygen atoms in total. The molecular formula is C13H10BrN3O. The Morgan fingerprint density at radius 1 is 1.17 bits per heavy atom. The second-order valence-electron chi connectivity index (χ2n) is 3.83. The fraction of sp³-hybridized carbons (Fsp3) is 0.0769. The van der Waals surface area contributed by atoms with Gasteiger partial charge >= 0.3 is 0 Å². The topological polar surface area (TPSA) is 39.4 Å². The summed E-state index contributed by atoms with van der Waals surface area (Å²) < 4.78 is 7.80. The number of benzene rings is 1. The van der Waals surface area contributed by atoms with Crippen molar-refractivity contribution in [1.29, 1.82) is 0 Å². The van der Waals surface area contributed by atoms with Crippen LogP contribution in [0.2, 0.25) is 0 Å². The summed E-state index contributed by atoms with van der Waals surface area (Å²) in [5.74, 6) is 0.830. The van der Waals surface area contributed by atoms with Crippen LogP contribution in [0.1, 0.15) is 0 Å². The molecule has 0 saturated heterocycles. The molecule has 0 spiro atoms. The average Bonchev–Trinajstić information content (AvgIpc) is 2.80. The summed E-state index contributed by atoms with van der Waals surface area (Å²) in [5.41, 5.74) is 2.88. The summed E-state index contributed by atoms with van der Waals surface area (Å²) in [6.45, 7) is 0. The maximum atomic E-state index is 5.22. The zero-order valence-corrected chi connectivity index (χ0v) is 11.3. The number of hydrogen-bond acceptors (Lipinski definition) is 3. The largest absolute Gasteiger partial charge is 0.497 e. The second-order valence-corrected chi connectivity index (χ2v) is 4.64. The third-order valence-electron chi connectivity index (χ3n) is 2.72. The van der Waals surface area contributed by atoms with Crippen LogP contribution in [0.15, 0.2) is 47.3 Å². The van der Waals surface area contributed by atoms with E-state index in [1.165, 1.54) is 0 Å². The number of rotatable bonds is 2. The van der Waals surface area contributed by atoms with Crippen molar-refractivity contribution in [3.63, 3.8) is 0 Å². The SMILES string of the molecule is COc1cccc(-c2cnn3c(Br)cnc3c2)c1. The van der Waals surface area contributed by atoms with Gasteiger partial charge in [0.05, 0.1) is 19.5 Å². The van der Waals surface area contributed by atoms with Crippen LogP contribution in [0.5, 0.6) is 5.75 Å². The lowest BCUT2D eigenvalue weighted by atomic mass is 10.1. The van der Waals surface area contributed by atoms with Crippen molar-refractivity contribution in [3.05, 3.63) is 47.3 Å². The predicted molar refractivity (Wildman–Crippen MR) is 72.7 cm³/mol. The molecule has 0 aliphatic heterocycles. The monoisotopic (exact) mass is 303 g/mol. The smallest absolute Gasteiger partial charge is 0.155 e. The van der Waals surface area contributed by atoms with Crippen LogP contribution in [0.25, 0.3) is 16.8 Å². The molecule has 2 aromatic heterocycles. The van der Waals surface area contributed by atoms with Gasteiger partial charge in [0.15, 0.2) is 5.65 Å². The van der Waals surface area contributed by atoms with Gasteiger partial charge in [-0.1, -0.05) is 12.1 Å². The highest BCUT2D eigenvalue weighted by Crippen LogP contribution is 2.24. The first kappa shape index (κ1) is 11.2. The van der Waals surface area contributed by atoms with E-state index < -0.39 is 0 Å². The molecule has 0 amide bonds. The van der Waals surface area contributed by atoms with E-state index in [0.29, 0.717) is 0 Å². The molecule has 1 aromatic carbocycles. The highest BCUT2D eigenvalue weighted by atomic mass is 79.9. The molecule has 0 aliphatic carbocycles. The molecule has 2 heterocycles. The fourth-order valence-electron chi connectivity index (χ4n) is 1.81. The Bertz CT molecular complexity index is 708. The minimum absolute atomic E-state index is 0.808. The number of nitrogens with zero attached hydrogens (tertiary/aromatic N) is 3. The summed E-state index contributed by atoms with van der Waals surface area (Å²) in [4.78, 5) is 4.27. The fourth-order valence-corrected chi connectivity index (χ4v) is 2.18. The van der Waals surface area contributed by atoms with Crippen LogP contribution < -0.4 is 4.74 Å². The first-order valence-corrected chi connectivity index (χ1v) is 6.21. The zero-order valence-electron chi connectivity index (χ0n) is 9.67. The Kier molecular flexibility index (Phi) is 2.76. The van der Waals surface area contributed by atoms with Crippen molar-refractivity contribution < 1.29 is 4.74 Å². The van der Waals surface area contributed by atoms with Crippen molar-refractivity contribution in [1.82, 2.24) is 14.6 Å². The lowest BCUT2D eigenvalue weighted by molar-refractivity contribution is 0.415. The molecule has 0 saturated carbocycles. The number of fused-ring (bicyclic) bond motifs is 1. The van der Waals surface area contributed by atoms with Crippen molar-refractivity contribution >= 4 is 21.6 Å². The van der Waals surface area contributed by atoms with Gasteiger partial charge < -0.3 is 4.74 Å². The zero-order chi connectivity index (χ0) is 12.5. The van der Waals surface area contributed by atoms with Gasteiger partial charge in [0, 0.05) is 5.56 Å². The number of methoxy groups -OCH3 is 1. The maximum absolute atomic E-state index is 5.22. The third-order valence-corrected chi connectivity index (χ3v) is 3.26. The van der Waals surface area contributed by atoms with Crippen molar-refractivity contribution in [2.45, 2.75) is 0 Å². The van der Waals surface area contributed by atoms with Crippen molar-refractivity contribution in [2.24, 2.45) is 0 Å². The van der Waals surface area contributed by atoms with E-state index in [9.17, 15) is 0 Å². The summed E-state index contributed by atoms with van der Waals surface area (Å²) >= 11 is 3.39. The molecule has 0 bridgehead atoms. The highest BCUT2D eigenvalue weighted by Gasteiger charge is 2.05. The lowest BCUT2D eigenvalue weighted by Crippen LogP contribution is -1.92. The van der Waals surface area contributed by atoms with Crippen molar-refractivity contribution in [2.75, 3.05) is 7.11 Å². The van der Waals surface area contributed by atoms with Crippen LogP contribution in [-0.2, 0) is 0 Å². The molecule has 5 heteroatoms. The molecule has 18 heavy (non-hydrogen) atoms. The van der Waals surface area contributed by atoms with Gasteiger partial charge in [0.2, 0.25) is 0 Å². The first-order chi connectivity index (χ1) is 8.78. The molecule has 0 radical (unpaired) electrons. The van der Waals surface area contributed by atoms with Crippen LogP contribution >= 0.6 is 15.9 Å². The van der Waals surface area contributed by atoms with Gasteiger partial charge in [-0.2, -0.15) is 5.10 Å². The van der Waals surface area contributed by atoms with Gasteiger partial charge in [-0.15, -0.1) is 0 Å². The van der Waals surface area contributed by atoms with Gasteiger partial charge in [0.1, 0.15) is 10.4 Å². The molecule has 90 valence electrons. The Morgan fingerprint density at radius 3 is 2.89 bits per heavy atom. The first-order valence-electron chi connectivity index (χ1n) is 5.41. The van der Waals surface area contributed by atoms with Crippen LogP contribution in [-0.4, -0.2) is 21.7 Å². The molecule has 0 unspecified atom stereocenters. The molecule has 0 N–H and O–H groups in total. The summed E-state index contributed by atoms with van der Waals surface area (Å²) in [6.07, 6.45) is 3.55. The quantitative estimate of drug-likeness (QED) is 0.730. The number of ether oxygens (including phenoxy) is 1. The van der Waals surface area contributed by atoms with Crippen LogP contribution in [0.4, 0.5) is 0 Å². The molecule has 3 aromatic rings. The molecule has 0 fully saturated rings. The Morgan fingerprint density at radius 2 is 2.06 bits per heavy atom. The van der Waals surface area contributed by atoms with Crippen LogP contribution in [0, 0.1) is 0 Å². The minimum atomic E-state index is 0.808. The van der Waals surface area contributed by atoms with E-state index in [2.05, 4.69) is 26.0 Å². The third kappa shape index (κ3) is 1.86. The Labute approximate surface area is 112 Å². The van der Waals surface area contributed by atoms with Crippen LogP contribution in [0.3, 0.4) is 0 Å². The van der Waals surface area contributed by atoms with E-state index in [1.807, 2.05) is 36.5 Å². The standard InChI is InChI=1S/C13H10BrN3O/c1-18-11-4-2-3-9(5-11)10-6-13-15-8-12(14)17(13)16-7-10/h2-8H,1H3. The molecule has 0 aliphatic rings. The minimum Gasteiger partial charge on any atom is -0.497 e. The number of halogens is 1. The van der Waals surface area contributed by atoms with E-state index in [4.69, 9.17) is 4.74 Å². The number of hydrogen-bond donors (Lipinski definition) is 0. The Balaban J connectivity index is 2.13. The maximum Gasteiger partial charge on any atom is 0.155 e. The van der Waals surface area contributed by atoms with Gasteiger partial charge in [-0.3, -0.25) is 0 Å². The highest BCUT2D eigenvalue weighted by molar-refractivity contribution is 9.10. The Hall–Kier alpha value is -1.88. The van der Waals surface area contributed by atoms with E-state index in [1.54, 1.807) is 17.8 Å². The molecule has 0 atom stereocenters. The molecule has 3 rings (SSSR count). The summed E-state index contributed by atoms with van der Waals surface area (Å²) in [7, 11) is 1.66.